The van der Waals surface area contributed by atoms with E-state index in [0.717, 1.165) is 54.1 Å². The van der Waals surface area contributed by atoms with Crippen molar-refractivity contribution in [2.24, 2.45) is 0 Å². The summed E-state index contributed by atoms with van der Waals surface area (Å²) in [6, 6.07) is 22.6. The van der Waals surface area contributed by atoms with Crippen LogP contribution in [0.15, 0.2) is 66.7 Å². The van der Waals surface area contributed by atoms with E-state index in [0.29, 0.717) is 25.1 Å². The molecule has 194 valence electrons. The number of hydrogen-bond donors (Lipinski definition) is 2. The maximum atomic E-state index is 13.4. The predicted molar refractivity (Wildman–Crippen MR) is 147 cm³/mol. The first-order chi connectivity index (χ1) is 17.9. The lowest BCUT2D eigenvalue weighted by atomic mass is 10.0. The summed E-state index contributed by atoms with van der Waals surface area (Å²) >= 11 is 0. The third kappa shape index (κ3) is 7.43. The topological polar surface area (TPSA) is 70.7 Å². The van der Waals surface area contributed by atoms with Gasteiger partial charge in [0.25, 0.3) is 0 Å². The molecule has 0 radical (unpaired) electrons. The van der Waals surface area contributed by atoms with Crippen LogP contribution in [0, 0.1) is 13.8 Å². The minimum Gasteiger partial charge on any atom is -0.457 e. The van der Waals surface area contributed by atoms with Crippen molar-refractivity contribution in [3.05, 3.63) is 94.5 Å². The Labute approximate surface area is 220 Å². The molecule has 2 amide bonds. The standard InChI is InChI=1S/C31H37N3O3/c1-22-10-13-29(27(17-22)20-33-24(3)35)37-30-18-23(2)9-11-26(30)12-14-31(36)34-16-15-32-21-28(34)19-25-7-5-4-6-8-25/h4-11,13,17-18,28,32H,12,14-16,19-21H2,1-3H3,(H,33,35)/t28-/m1/s1. The number of piperazine rings is 1. The lowest BCUT2D eigenvalue weighted by Gasteiger charge is -2.36. The molecule has 4 rings (SSSR count). The number of amides is 2. The van der Waals surface area contributed by atoms with Crippen LogP contribution in [-0.4, -0.2) is 42.4 Å². The van der Waals surface area contributed by atoms with Crippen molar-refractivity contribution in [3.63, 3.8) is 0 Å². The molecular formula is C31H37N3O3. The van der Waals surface area contributed by atoms with Crippen LogP contribution >= 0.6 is 0 Å². The van der Waals surface area contributed by atoms with Crippen LogP contribution in [0.2, 0.25) is 0 Å². The number of rotatable bonds is 9. The number of nitrogens with one attached hydrogen (secondary N) is 2. The predicted octanol–water partition coefficient (Wildman–Crippen LogP) is 4.71. The van der Waals surface area contributed by atoms with Crippen molar-refractivity contribution in [2.75, 3.05) is 19.6 Å². The van der Waals surface area contributed by atoms with Gasteiger partial charge in [-0.05, 0) is 55.5 Å². The largest absolute Gasteiger partial charge is 0.457 e. The summed E-state index contributed by atoms with van der Waals surface area (Å²) in [5, 5.41) is 6.31. The van der Waals surface area contributed by atoms with Crippen LogP contribution in [0.3, 0.4) is 0 Å². The maximum Gasteiger partial charge on any atom is 0.223 e. The molecule has 1 aliphatic rings. The fraction of sp³-hybridized carbons (Fsp3) is 0.355. The van der Waals surface area contributed by atoms with Crippen molar-refractivity contribution < 1.29 is 14.3 Å². The maximum absolute atomic E-state index is 13.4. The minimum atomic E-state index is -0.0827. The summed E-state index contributed by atoms with van der Waals surface area (Å²) in [7, 11) is 0. The van der Waals surface area contributed by atoms with Gasteiger partial charge in [-0.15, -0.1) is 0 Å². The molecule has 6 nitrogen and oxygen atoms in total. The summed E-state index contributed by atoms with van der Waals surface area (Å²) in [6.07, 6.45) is 1.88. The second-order valence-electron chi connectivity index (χ2n) is 9.87. The quantitative estimate of drug-likeness (QED) is 0.448. The van der Waals surface area contributed by atoms with Crippen LogP contribution < -0.4 is 15.4 Å². The molecule has 0 aliphatic carbocycles. The summed E-state index contributed by atoms with van der Waals surface area (Å²) in [5.74, 6) is 1.56. The highest BCUT2D eigenvalue weighted by molar-refractivity contribution is 5.77. The molecule has 0 saturated carbocycles. The van der Waals surface area contributed by atoms with E-state index in [1.807, 2.05) is 61.2 Å². The molecule has 6 heteroatoms. The first-order valence-electron chi connectivity index (χ1n) is 13.0. The highest BCUT2D eigenvalue weighted by atomic mass is 16.5. The molecule has 0 unspecified atom stereocenters. The number of nitrogens with zero attached hydrogens (tertiary/aromatic N) is 1. The van der Waals surface area contributed by atoms with E-state index in [2.05, 4.69) is 34.9 Å². The minimum absolute atomic E-state index is 0.0827. The van der Waals surface area contributed by atoms with Crippen molar-refractivity contribution in [1.29, 1.82) is 0 Å². The zero-order chi connectivity index (χ0) is 26.2. The van der Waals surface area contributed by atoms with Gasteiger partial charge in [0.2, 0.25) is 11.8 Å². The molecular weight excluding hydrogens is 462 g/mol. The molecule has 0 bridgehead atoms. The van der Waals surface area contributed by atoms with Crippen LogP contribution in [0.25, 0.3) is 0 Å². The van der Waals surface area contributed by atoms with E-state index in [-0.39, 0.29) is 17.9 Å². The number of carbonyl (C=O) groups excluding carboxylic acids is 2. The Morgan fingerprint density at radius 1 is 0.973 bits per heavy atom. The Bertz CT molecular complexity index is 1230. The third-order valence-corrected chi connectivity index (χ3v) is 6.78. The van der Waals surface area contributed by atoms with Crippen molar-refractivity contribution in [2.45, 2.75) is 52.6 Å². The lowest BCUT2D eigenvalue weighted by molar-refractivity contribution is -0.134. The van der Waals surface area contributed by atoms with Gasteiger partial charge < -0.3 is 20.3 Å². The molecule has 3 aromatic rings. The summed E-state index contributed by atoms with van der Waals surface area (Å²) < 4.78 is 6.40. The van der Waals surface area contributed by atoms with Gasteiger partial charge in [0, 0.05) is 51.1 Å². The Balaban J connectivity index is 1.47. The third-order valence-electron chi connectivity index (χ3n) is 6.78. The highest BCUT2D eigenvalue weighted by Crippen LogP contribution is 2.31. The second-order valence-corrected chi connectivity index (χ2v) is 9.87. The van der Waals surface area contributed by atoms with Gasteiger partial charge >= 0.3 is 0 Å². The van der Waals surface area contributed by atoms with Gasteiger partial charge in [-0.1, -0.05) is 60.2 Å². The van der Waals surface area contributed by atoms with Crippen LogP contribution in [0.1, 0.15) is 41.2 Å². The fourth-order valence-corrected chi connectivity index (χ4v) is 4.79. The van der Waals surface area contributed by atoms with Gasteiger partial charge in [0.05, 0.1) is 0 Å². The van der Waals surface area contributed by atoms with Gasteiger partial charge in [-0.3, -0.25) is 9.59 Å². The van der Waals surface area contributed by atoms with E-state index < -0.39 is 0 Å². The molecule has 37 heavy (non-hydrogen) atoms. The van der Waals surface area contributed by atoms with E-state index in [9.17, 15) is 9.59 Å². The Morgan fingerprint density at radius 3 is 2.51 bits per heavy atom. The van der Waals surface area contributed by atoms with Crippen LogP contribution in [0.5, 0.6) is 11.5 Å². The Kier molecular flexibility index (Phi) is 8.96. The molecule has 1 atom stereocenters. The Morgan fingerprint density at radius 2 is 1.73 bits per heavy atom. The molecule has 1 fully saturated rings. The molecule has 2 N–H and O–H groups in total. The van der Waals surface area contributed by atoms with Crippen molar-refractivity contribution in [1.82, 2.24) is 15.5 Å². The zero-order valence-corrected chi connectivity index (χ0v) is 22.0. The number of ether oxygens (including phenoxy) is 1. The van der Waals surface area contributed by atoms with Crippen LogP contribution in [0.4, 0.5) is 0 Å². The van der Waals surface area contributed by atoms with Crippen molar-refractivity contribution in [3.8, 4) is 11.5 Å². The number of benzene rings is 3. The van der Waals surface area contributed by atoms with E-state index in [4.69, 9.17) is 4.74 Å². The second kappa shape index (κ2) is 12.5. The molecule has 1 saturated heterocycles. The lowest BCUT2D eigenvalue weighted by Crippen LogP contribution is -2.54. The van der Waals surface area contributed by atoms with Gasteiger partial charge in [0.1, 0.15) is 11.5 Å². The highest BCUT2D eigenvalue weighted by Gasteiger charge is 2.26. The number of hydrogen-bond acceptors (Lipinski definition) is 4. The van der Waals surface area contributed by atoms with E-state index in [1.165, 1.54) is 12.5 Å². The fourth-order valence-electron chi connectivity index (χ4n) is 4.79. The molecule has 3 aromatic carbocycles. The van der Waals surface area contributed by atoms with E-state index >= 15 is 0 Å². The van der Waals surface area contributed by atoms with E-state index in [1.54, 1.807) is 0 Å². The smallest absolute Gasteiger partial charge is 0.223 e. The molecule has 1 heterocycles. The molecule has 1 aliphatic heterocycles. The van der Waals surface area contributed by atoms with Gasteiger partial charge in [0.15, 0.2) is 0 Å². The van der Waals surface area contributed by atoms with Gasteiger partial charge in [-0.25, -0.2) is 0 Å². The SMILES string of the molecule is CC(=O)NCc1cc(C)ccc1Oc1cc(C)ccc1CCC(=O)N1CCNC[C@H]1Cc1ccccc1. The molecule has 0 aromatic heterocycles. The van der Waals surface area contributed by atoms with Crippen LogP contribution in [-0.2, 0) is 29.0 Å². The monoisotopic (exact) mass is 499 g/mol. The summed E-state index contributed by atoms with van der Waals surface area (Å²) in [6.45, 7) is 8.32. The average molecular weight is 500 g/mol. The van der Waals surface area contributed by atoms with Gasteiger partial charge in [-0.2, -0.15) is 0 Å². The summed E-state index contributed by atoms with van der Waals surface area (Å²) in [4.78, 5) is 26.9. The molecule has 0 spiro atoms. The number of carbonyl (C=O) groups is 2. The van der Waals surface area contributed by atoms with Crippen molar-refractivity contribution >= 4 is 11.8 Å². The summed E-state index contributed by atoms with van der Waals surface area (Å²) in [5.41, 5.74) is 5.36. The average Bonchev–Trinajstić information content (AvgIpc) is 2.89. The first-order valence-corrected chi connectivity index (χ1v) is 13.0. The zero-order valence-electron chi connectivity index (χ0n) is 22.0. The first kappa shape index (κ1) is 26.4. The number of aryl methyl sites for hydroxylation is 3. The normalized spacial score (nSPS) is 15.3. The Hall–Kier alpha value is -3.64.